The van der Waals surface area contributed by atoms with Crippen LogP contribution in [0.15, 0.2) is 36.4 Å². The number of nitrogens with two attached hydrogens (primary N) is 1. The molecule has 0 spiro atoms. The number of hydrogen-bond acceptors (Lipinski definition) is 5. The smallest absolute Gasteiger partial charge is 0.162 e. The summed E-state index contributed by atoms with van der Waals surface area (Å²) in [6, 6.07) is 10.9. The Hall–Kier alpha value is -2.56. The van der Waals surface area contributed by atoms with E-state index in [9.17, 15) is 5.11 Å². The zero-order chi connectivity index (χ0) is 13.8. The van der Waals surface area contributed by atoms with Crippen LogP contribution in [0.4, 0.5) is 22.7 Å². The minimum Gasteiger partial charge on any atom is -0.504 e. The van der Waals surface area contributed by atoms with Gasteiger partial charge in [-0.1, -0.05) is 0 Å². The van der Waals surface area contributed by atoms with Crippen LogP contribution in [0.5, 0.6) is 11.5 Å². The summed E-state index contributed by atoms with van der Waals surface area (Å²) in [5.74, 6) is 0.402. The van der Waals surface area contributed by atoms with Gasteiger partial charge in [-0.25, -0.2) is 0 Å². The summed E-state index contributed by atoms with van der Waals surface area (Å²) in [5, 5.41) is 15.8. The van der Waals surface area contributed by atoms with Crippen molar-refractivity contribution in [2.75, 3.05) is 30.5 Å². The van der Waals surface area contributed by atoms with Crippen LogP contribution in [-0.4, -0.2) is 19.3 Å². The molecule has 0 unspecified atom stereocenters. The van der Waals surface area contributed by atoms with Crippen LogP contribution in [0.3, 0.4) is 0 Å². The van der Waals surface area contributed by atoms with Crippen molar-refractivity contribution in [1.29, 1.82) is 0 Å². The molecule has 0 heterocycles. The summed E-state index contributed by atoms with van der Waals surface area (Å²) in [4.78, 5) is 0. The maximum absolute atomic E-state index is 9.61. The van der Waals surface area contributed by atoms with Gasteiger partial charge in [0.1, 0.15) is 0 Å². The summed E-state index contributed by atoms with van der Waals surface area (Å²) in [5.41, 5.74) is 8.93. The van der Waals surface area contributed by atoms with Crippen molar-refractivity contribution < 1.29 is 9.84 Å². The first-order chi connectivity index (χ1) is 9.13. The molecule has 0 aliphatic rings. The number of ether oxygens (including phenoxy) is 1. The van der Waals surface area contributed by atoms with Crippen LogP contribution in [0.1, 0.15) is 0 Å². The summed E-state index contributed by atoms with van der Waals surface area (Å²) in [6.45, 7) is 0. The van der Waals surface area contributed by atoms with E-state index in [0.717, 1.165) is 11.4 Å². The van der Waals surface area contributed by atoms with E-state index in [-0.39, 0.29) is 5.75 Å². The molecular weight excluding hydrogens is 242 g/mol. The lowest BCUT2D eigenvalue weighted by Crippen LogP contribution is -1.98. The number of nitrogens with one attached hydrogen (secondary N) is 2. The molecule has 0 aliphatic heterocycles. The predicted molar refractivity (Wildman–Crippen MR) is 78.3 cm³/mol. The molecular formula is C14H17N3O2. The zero-order valence-electron chi connectivity index (χ0n) is 10.9. The zero-order valence-corrected chi connectivity index (χ0v) is 10.9. The molecule has 2 aromatic rings. The Kier molecular flexibility index (Phi) is 3.66. The molecule has 100 valence electrons. The molecule has 5 N–H and O–H groups in total. The second-order valence-electron chi connectivity index (χ2n) is 4.06. The minimum atomic E-state index is 0.0241. The average Bonchev–Trinajstić information content (AvgIpc) is 2.42. The van der Waals surface area contributed by atoms with Crippen LogP contribution < -0.4 is 21.1 Å². The number of phenolic OH excluding ortho intramolecular Hbond substituents is 1. The van der Waals surface area contributed by atoms with E-state index < -0.39 is 0 Å². The first-order valence-electron chi connectivity index (χ1n) is 5.85. The summed E-state index contributed by atoms with van der Waals surface area (Å²) < 4.78 is 5.06. The van der Waals surface area contributed by atoms with Gasteiger partial charge in [0.05, 0.1) is 18.5 Å². The summed E-state index contributed by atoms with van der Waals surface area (Å²) >= 11 is 0. The maximum Gasteiger partial charge on any atom is 0.162 e. The van der Waals surface area contributed by atoms with Crippen molar-refractivity contribution in [3.8, 4) is 11.5 Å². The third-order valence-corrected chi connectivity index (χ3v) is 2.80. The van der Waals surface area contributed by atoms with E-state index in [4.69, 9.17) is 10.5 Å². The molecule has 2 aromatic carbocycles. The van der Waals surface area contributed by atoms with Gasteiger partial charge in [-0.05, 0) is 24.3 Å². The van der Waals surface area contributed by atoms with Crippen LogP contribution in [0, 0.1) is 0 Å². The Morgan fingerprint density at radius 2 is 1.74 bits per heavy atom. The molecule has 0 saturated heterocycles. The first kappa shape index (κ1) is 12.9. The highest BCUT2D eigenvalue weighted by Gasteiger charge is 2.07. The van der Waals surface area contributed by atoms with Gasteiger partial charge in [-0.15, -0.1) is 0 Å². The number of benzene rings is 2. The standard InChI is InChI=1S/C14H17N3O2/c1-16-9-3-5-10(6-4-9)17-12-8-14(19-2)13(18)7-11(12)15/h3-8,16-18H,15H2,1-2H3. The molecule has 19 heavy (non-hydrogen) atoms. The monoisotopic (exact) mass is 259 g/mol. The van der Waals surface area contributed by atoms with Gasteiger partial charge in [0, 0.05) is 30.6 Å². The molecule has 0 radical (unpaired) electrons. The lowest BCUT2D eigenvalue weighted by atomic mass is 10.2. The lowest BCUT2D eigenvalue weighted by molar-refractivity contribution is 0.374. The number of phenols is 1. The molecule has 5 nitrogen and oxygen atoms in total. The Morgan fingerprint density at radius 3 is 2.32 bits per heavy atom. The van der Waals surface area contributed by atoms with Gasteiger partial charge >= 0.3 is 0 Å². The van der Waals surface area contributed by atoms with Crippen LogP contribution in [-0.2, 0) is 0 Å². The van der Waals surface area contributed by atoms with Crippen molar-refractivity contribution in [1.82, 2.24) is 0 Å². The third kappa shape index (κ3) is 2.82. The Labute approximate surface area is 112 Å². The molecule has 0 bridgehead atoms. The number of nitrogen functional groups attached to an aromatic ring is 1. The molecule has 2 rings (SSSR count). The Balaban J connectivity index is 2.26. The molecule has 0 amide bonds. The van der Waals surface area contributed by atoms with Gasteiger partial charge in [-0.2, -0.15) is 0 Å². The van der Waals surface area contributed by atoms with E-state index in [1.165, 1.54) is 13.2 Å². The number of aromatic hydroxyl groups is 1. The van der Waals surface area contributed by atoms with E-state index in [2.05, 4.69) is 10.6 Å². The predicted octanol–water partition coefficient (Wildman–Crippen LogP) is 2.77. The summed E-state index contributed by atoms with van der Waals surface area (Å²) in [7, 11) is 3.36. The van der Waals surface area contributed by atoms with Crippen molar-refractivity contribution in [3.63, 3.8) is 0 Å². The maximum atomic E-state index is 9.61. The van der Waals surface area contributed by atoms with Gasteiger partial charge in [0.15, 0.2) is 11.5 Å². The number of rotatable bonds is 4. The fourth-order valence-corrected chi connectivity index (χ4v) is 1.73. The van der Waals surface area contributed by atoms with Crippen molar-refractivity contribution in [2.45, 2.75) is 0 Å². The molecule has 0 aromatic heterocycles. The highest BCUT2D eigenvalue weighted by atomic mass is 16.5. The average molecular weight is 259 g/mol. The fraction of sp³-hybridized carbons (Fsp3) is 0.143. The normalized spacial score (nSPS) is 10.0. The number of hydrogen-bond donors (Lipinski definition) is 4. The van der Waals surface area contributed by atoms with Crippen molar-refractivity contribution in [3.05, 3.63) is 36.4 Å². The van der Waals surface area contributed by atoms with Crippen molar-refractivity contribution >= 4 is 22.7 Å². The van der Waals surface area contributed by atoms with E-state index >= 15 is 0 Å². The Bertz CT molecular complexity index is 568. The highest BCUT2D eigenvalue weighted by Crippen LogP contribution is 2.35. The SMILES string of the molecule is CNc1ccc(Nc2cc(OC)c(O)cc2N)cc1. The number of anilines is 4. The van der Waals surface area contributed by atoms with E-state index in [0.29, 0.717) is 17.1 Å². The second kappa shape index (κ2) is 5.39. The van der Waals surface area contributed by atoms with E-state index in [1.807, 2.05) is 31.3 Å². The van der Waals surface area contributed by atoms with Gasteiger partial charge in [-0.3, -0.25) is 0 Å². The third-order valence-electron chi connectivity index (χ3n) is 2.80. The van der Waals surface area contributed by atoms with Crippen molar-refractivity contribution in [2.24, 2.45) is 0 Å². The first-order valence-corrected chi connectivity index (χ1v) is 5.85. The highest BCUT2D eigenvalue weighted by molar-refractivity contribution is 5.76. The molecule has 0 saturated carbocycles. The van der Waals surface area contributed by atoms with E-state index in [1.54, 1.807) is 6.07 Å². The second-order valence-corrected chi connectivity index (χ2v) is 4.06. The van der Waals surface area contributed by atoms with Gasteiger partial charge in [0.2, 0.25) is 0 Å². The largest absolute Gasteiger partial charge is 0.504 e. The Morgan fingerprint density at radius 1 is 1.11 bits per heavy atom. The molecule has 0 atom stereocenters. The molecule has 5 heteroatoms. The minimum absolute atomic E-state index is 0.0241. The summed E-state index contributed by atoms with van der Waals surface area (Å²) in [6.07, 6.45) is 0. The lowest BCUT2D eigenvalue weighted by Gasteiger charge is -2.12. The van der Waals surface area contributed by atoms with Gasteiger partial charge < -0.3 is 26.2 Å². The van der Waals surface area contributed by atoms with Crippen LogP contribution >= 0.6 is 0 Å². The fourth-order valence-electron chi connectivity index (χ4n) is 1.73. The van der Waals surface area contributed by atoms with Crippen LogP contribution in [0.2, 0.25) is 0 Å². The van der Waals surface area contributed by atoms with Crippen LogP contribution in [0.25, 0.3) is 0 Å². The number of methoxy groups -OCH3 is 1. The molecule has 0 aliphatic carbocycles. The van der Waals surface area contributed by atoms with Gasteiger partial charge in [0.25, 0.3) is 0 Å². The molecule has 0 fully saturated rings. The quantitative estimate of drug-likeness (QED) is 0.501. The topological polar surface area (TPSA) is 79.5 Å².